The monoisotopic (exact) mass is 272 g/mol. The molecule has 2 rings (SSSR count). The van der Waals surface area contributed by atoms with E-state index in [-0.39, 0.29) is 6.10 Å². The van der Waals surface area contributed by atoms with Crippen LogP contribution in [0.1, 0.15) is 42.5 Å². The minimum absolute atomic E-state index is 0.106. The van der Waals surface area contributed by atoms with Crippen LogP contribution in [-0.4, -0.2) is 21.4 Å². The fraction of sp³-hybridized carbons (Fsp3) is 0.375. The third-order valence-corrected chi connectivity index (χ3v) is 2.98. The van der Waals surface area contributed by atoms with E-state index in [0.29, 0.717) is 0 Å². The van der Waals surface area contributed by atoms with Crippen LogP contribution in [0.3, 0.4) is 0 Å². The Morgan fingerprint density at radius 1 is 1.10 bits per heavy atom. The smallest absolute Gasteiger partial charge is 0.120 e. The first-order chi connectivity index (χ1) is 9.47. The molecule has 0 fully saturated rings. The molecule has 0 aliphatic heterocycles. The summed E-state index contributed by atoms with van der Waals surface area (Å²) in [5.41, 5.74) is 3.09. The Hall–Kier alpha value is -1.94. The molecule has 4 heteroatoms. The molecule has 0 radical (unpaired) electrons. The van der Waals surface area contributed by atoms with Gasteiger partial charge in [0.1, 0.15) is 11.9 Å². The number of aromatic nitrogens is 2. The molecule has 1 unspecified atom stereocenters. The molecule has 0 aliphatic rings. The third-order valence-electron chi connectivity index (χ3n) is 2.98. The molecule has 4 nitrogen and oxygen atoms in total. The van der Waals surface area contributed by atoms with Gasteiger partial charge >= 0.3 is 0 Å². The summed E-state index contributed by atoms with van der Waals surface area (Å²) in [7, 11) is 0. The molecule has 2 aromatic rings. The highest BCUT2D eigenvalue weighted by molar-refractivity contribution is 5.36. The van der Waals surface area contributed by atoms with Gasteiger partial charge in [0.05, 0.1) is 17.5 Å². The number of benzene rings is 1. The zero-order valence-corrected chi connectivity index (χ0v) is 12.3. The van der Waals surface area contributed by atoms with Crippen molar-refractivity contribution in [3.8, 4) is 5.75 Å². The van der Waals surface area contributed by atoms with E-state index < -0.39 is 6.10 Å². The summed E-state index contributed by atoms with van der Waals surface area (Å²) in [4.78, 5) is 0. The SMILES string of the molecule is Cc1cc(C(O)c2cccc(OC(C)C)c2)c(C)nn1. The minimum Gasteiger partial charge on any atom is -0.491 e. The van der Waals surface area contributed by atoms with Crippen LogP contribution in [0, 0.1) is 13.8 Å². The maximum absolute atomic E-state index is 10.5. The van der Waals surface area contributed by atoms with Crippen molar-refractivity contribution in [1.29, 1.82) is 0 Å². The van der Waals surface area contributed by atoms with E-state index in [0.717, 1.165) is 28.3 Å². The standard InChI is InChI=1S/C16H20N2O2/c1-10(2)20-14-7-5-6-13(9-14)16(19)15-8-11(3)17-18-12(15)4/h5-10,16,19H,1-4H3. The zero-order valence-electron chi connectivity index (χ0n) is 12.3. The Balaban J connectivity index is 2.33. The van der Waals surface area contributed by atoms with Crippen molar-refractivity contribution >= 4 is 0 Å². The van der Waals surface area contributed by atoms with Gasteiger partial charge in [-0.05, 0) is 51.5 Å². The van der Waals surface area contributed by atoms with Crippen molar-refractivity contribution < 1.29 is 9.84 Å². The van der Waals surface area contributed by atoms with Gasteiger partial charge in [-0.25, -0.2) is 0 Å². The second-order valence-corrected chi connectivity index (χ2v) is 5.17. The first-order valence-electron chi connectivity index (χ1n) is 6.73. The fourth-order valence-corrected chi connectivity index (χ4v) is 2.06. The summed E-state index contributed by atoms with van der Waals surface area (Å²) in [5, 5.41) is 18.6. The minimum atomic E-state index is -0.722. The molecule has 1 atom stereocenters. The molecule has 0 amide bonds. The summed E-state index contributed by atoms with van der Waals surface area (Å²) < 4.78 is 5.66. The van der Waals surface area contributed by atoms with Crippen molar-refractivity contribution in [2.75, 3.05) is 0 Å². The predicted octanol–water partition coefficient (Wildman–Crippen LogP) is 2.96. The molecule has 0 bridgehead atoms. The molecule has 20 heavy (non-hydrogen) atoms. The van der Waals surface area contributed by atoms with E-state index in [1.54, 1.807) is 0 Å². The van der Waals surface area contributed by atoms with Gasteiger partial charge in [-0.3, -0.25) is 0 Å². The van der Waals surface area contributed by atoms with Crippen molar-refractivity contribution in [3.63, 3.8) is 0 Å². The molecule has 1 aromatic heterocycles. The molecule has 0 saturated carbocycles. The Morgan fingerprint density at radius 2 is 1.85 bits per heavy atom. The van der Waals surface area contributed by atoms with E-state index in [1.807, 2.05) is 58.0 Å². The summed E-state index contributed by atoms with van der Waals surface area (Å²) in [6, 6.07) is 9.38. The van der Waals surface area contributed by atoms with Gasteiger partial charge in [-0.15, -0.1) is 0 Å². The lowest BCUT2D eigenvalue weighted by molar-refractivity contribution is 0.215. The highest BCUT2D eigenvalue weighted by Gasteiger charge is 2.15. The van der Waals surface area contributed by atoms with Gasteiger partial charge in [-0.2, -0.15) is 10.2 Å². The number of ether oxygens (including phenoxy) is 1. The Morgan fingerprint density at radius 3 is 2.55 bits per heavy atom. The molecule has 0 saturated heterocycles. The maximum atomic E-state index is 10.5. The van der Waals surface area contributed by atoms with Gasteiger partial charge < -0.3 is 9.84 Å². The Bertz CT molecular complexity index is 597. The largest absolute Gasteiger partial charge is 0.491 e. The van der Waals surface area contributed by atoms with E-state index in [1.165, 1.54) is 0 Å². The molecule has 1 aromatic carbocycles. The first-order valence-corrected chi connectivity index (χ1v) is 6.73. The van der Waals surface area contributed by atoms with Crippen LogP contribution in [0.2, 0.25) is 0 Å². The normalized spacial score (nSPS) is 12.5. The second-order valence-electron chi connectivity index (χ2n) is 5.17. The van der Waals surface area contributed by atoms with Gasteiger partial charge in [0.2, 0.25) is 0 Å². The summed E-state index contributed by atoms with van der Waals surface area (Å²) >= 11 is 0. The molecular weight excluding hydrogens is 252 g/mol. The first kappa shape index (κ1) is 14.5. The van der Waals surface area contributed by atoms with Gasteiger partial charge in [0.25, 0.3) is 0 Å². The van der Waals surface area contributed by atoms with Gasteiger partial charge in [0.15, 0.2) is 0 Å². The fourth-order valence-electron chi connectivity index (χ4n) is 2.06. The third kappa shape index (κ3) is 3.33. The molecule has 106 valence electrons. The predicted molar refractivity (Wildman–Crippen MR) is 77.8 cm³/mol. The average molecular weight is 272 g/mol. The summed E-state index contributed by atoms with van der Waals surface area (Å²) in [6.45, 7) is 7.66. The van der Waals surface area contributed by atoms with Crippen molar-refractivity contribution in [2.24, 2.45) is 0 Å². The van der Waals surface area contributed by atoms with Crippen molar-refractivity contribution in [3.05, 3.63) is 52.8 Å². The van der Waals surface area contributed by atoms with Crippen LogP contribution in [0.15, 0.2) is 30.3 Å². The van der Waals surface area contributed by atoms with Gasteiger partial charge in [-0.1, -0.05) is 12.1 Å². The molecule has 1 heterocycles. The molecule has 0 spiro atoms. The average Bonchev–Trinajstić information content (AvgIpc) is 2.40. The number of nitrogens with zero attached hydrogens (tertiary/aromatic N) is 2. The lowest BCUT2D eigenvalue weighted by atomic mass is 10.0. The van der Waals surface area contributed by atoms with Crippen LogP contribution < -0.4 is 4.74 Å². The van der Waals surface area contributed by atoms with Gasteiger partial charge in [0, 0.05) is 5.56 Å². The quantitative estimate of drug-likeness (QED) is 0.929. The topological polar surface area (TPSA) is 55.2 Å². The lowest BCUT2D eigenvalue weighted by Crippen LogP contribution is -2.08. The Labute approximate surface area is 119 Å². The number of aryl methyl sites for hydroxylation is 2. The summed E-state index contributed by atoms with van der Waals surface area (Å²) in [5.74, 6) is 0.757. The maximum Gasteiger partial charge on any atom is 0.120 e. The summed E-state index contributed by atoms with van der Waals surface area (Å²) in [6.07, 6.45) is -0.617. The number of aliphatic hydroxyl groups is 1. The van der Waals surface area contributed by atoms with E-state index in [4.69, 9.17) is 4.74 Å². The van der Waals surface area contributed by atoms with E-state index in [2.05, 4.69) is 10.2 Å². The number of aliphatic hydroxyl groups excluding tert-OH is 1. The highest BCUT2D eigenvalue weighted by Crippen LogP contribution is 2.27. The van der Waals surface area contributed by atoms with Crippen LogP contribution in [0.5, 0.6) is 5.75 Å². The molecule has 0 aliphatic carbocycles. The molecular formula is C16H20N2O2. The number of hydrogen-bond acceptors (Lipinski definition) is 4. The number of hydrogen-bond donors (Lipinski definition) is 1. The van der Waals surface area contributed by atoms with Crippen LogP contribution in [-0.2, 0) is 0 Å². The van der Waals surface area contributed by atoms with E-state index in [9.17, 15) is 5.11 Å². The van der Waals surface area contributed by atoms with E-state index >= 15 is 0 Å². The van der Waals surface area contributed by atoms with Crippen LogP contribution >= 0.6 is 0 Å². The lowest BCUT2D eigenvalue weighted by Gasteiger charge is -2.16. The van der Waals surface area contributed by atoms with Crippen LogP contribution in [0.25, 0.3) is 0 Å². The Kier molecular flexibility index (Phi) is 4.35. The number of rotatable bonds is 4. The van der Waals surface area contributed by atoms with Crippen molar-refractivity contribution in [2.45, 2.75) is 39.9 Å². The zero-order chi connectivity index (χ0) is 14.7. The van der Waals surface area contributed by atoms with Crippen molar-refractivity contribution in [1.82, 2.24) is 10.2 Å². The highest BCUT2D eigenvalue weighted by atomic mass is 16.5. The molecule has 1 N–H and O–H groups in total. The second kappa shape index (κ2) is 6.01. The van der Waals surface area contributed by atoms with Crippen LogP contribution in [0.4, 0.5) is 0 Å².